The fourth-order valence-electron chi connectivity index (χ4n) is 2.72. The second-order valence-corrected chi connectivity index (χ2v) is 7.93. The second-order valence-electron chi connectivity index (χ2n) is 5.79. The smallest absolute Gasteiger partial charge is 0.141 e. The number of alkyl halides is 1. The molecule has 1 aromatic heterocycles. The maximum absolute atomic E-state index is 11.0. The van der Waals surface area contributed by atoms with Gasteiger partial charge in [-0.3, -0.25) is 0 Å². The fraction of sp³-hybridized carbons (Fsp3) is 0.421. The third-order valence-corrected chi connectivity index (χ3v) is 5.45. The van der Waals surface area contributed by atoms with Crippen molar-refractivity contribution in [1.82, 2.24) is 4.98 Å². The Morgan fingerprint density at radius 1 is 1.29 bits per heavy atom. The number of halogens is 2. The van der Waals surface area contributed by atoms with Gasteiger partial charge in [0.1, 0.15) is 8.76 Å². The molecule has 0 aliphatic heterocycles. The number of rotatable bonds is 8. The van der Waals surface area contributed by atoms with E-state index in [4.69, 9.17) is 16.3 Å². The molecular weight excluding hydrogens is 437 g/mol. The first-order chi connectivity index (χ1) is 11.5. The van der Waals surface area contributed by atoms with Gasteiger partial charge in [-0.25, -0.2) is 4.98 Å². The zero-order chi connectivity index (χ0) is 17.6. The molecule has 1 unspecified atom stereocenters. The molecule has 1 atom stereocenters. The van der Waals surface area contributed by atoms with Gasteiger partial charge < -0.3 is 9.84 Å². The molecule has 130 valence electrons. The number of pyridine rings is 1. The monoisotopic (exact) mass is 459 g/mol. The van der Waals surface area contributed by atoms with Crippen LogP contribution in [0.3, 0.4) is 0 Å². The molecule has 0 spiro atoms. The molecular formula is C19H23ClINO2. The molecule has 0 aliphatic rings. The van der Waals surface area contributed by atoms with Gasteiger partial charge in [0.05, 0.1) is 0 Å². The van der Waals surface area contributed by atoms with Crippen molar-refractivity contribution >= 4 is 34.2 Å². The fourth-order valence-corrected chi connectivity index (χ4v) is 3.82. The predicted molar refractivity (Wildman–Crippen MR) is 108 cm³/mol. The lowest BCUT2D eigenvalue weighted by Crippen LogP contribution is -2.19. The van der Waals surface area contributed by atoms with Crippen LogP contribution in [0.15, 0.2) is 36.5 Å². The lowest BCUT2D eigenvalue weighted by atomic mass is 9.94. The van der Waals surface area contributed by atoms with E-state index >= 15 is 0 Å². The summed E-state index contributed by atoms with van der Waals surface area (Å²) in [5.74, 6) is 0. The topological polar surface area (TPSA) is 42.4 Å². The standard InChI is InChI=1S/C19H23ClINO2/c1-3-14-7-6-8-15(13-14)17-16(9-11-22-18(17)20)19(21,23)10-4-5-12-24-2/h6-9,11,13,23H,3-5,10,12H2,1-2H3. The number of methoxy groups -OCH3 is 1. The first kappa shape index (κ1) is 19.6. The van der Waals surface area contributed by atoms with E-state index in [1.54, 1.807) is 13.3 Å². The van der Waals surface area contributed by atoms with Crippen molar-refractivity contribution in [2.75, 3.05) is 13.7 Å². The average Bonchev–Trinajstić information content (AvgIpc) is 2.58. The lowest BCUT2D eigenvalue weighted by molar-refractivity contribution is 0.135. The van der Waals surface area contributed by atoms with Crippen molar-refractivity contribution in [2.24, 2.45) is 0 Å². The van der Waals surface area contributed by atoms with Crippen LogP contribution in [0.4, 0.5) is 0 Å². The minimum atomic E-state index is -0.990. The molecule has 5 heteroatoms. The van der Waals surface area contributed by atoms with Crippen LogP contribution in [-0.2, 0) is 14.8 Å². The van der Waals surface area contributed by atoms with Gasteiger partial charge in [0.15, 0.2) is 0 Å². The highest BCUT2D eigenvalue weighted by Crippen LogP contribution is 2.42. The SMILES string of the molecule is CCc1cccc(-c2c(C(O)(I)CCCCOC)ccnc2Cl)c1. The summed E-state index contributed by atoms with van der Waals surface area (Å²) >= 11 is 8.51. The molecule has 0 amide bonds. The third-order valence-electron chi connectivity index (χ3n) is 4.05. The maximum Gasteiger partial charge on any atom is 0.141 e. The van der Waals surface area contributed by atoms with Gasteiger partial charge in [-0.2, -0.15) is 0 Å². The van der Waals surface area contributed by atoms with Crippen molar-refractivity contribution < 1.29 is 9.84 Å². The first-order valence-electron chi connectivity index (χ1n) is 8.14. The Bertz CT molecular complexity index is 676. The number of hydrogen-bond donors (Lipinski definition) is 1. The Hall–Kier alpha value is -0.690. The zero-order valence-electron chi connectivity index (χ0n) is 14.1. The van der Waals surface area contributed by atoms with Crippen LogP contribution in [0.1, 0.15) is 37.3 Å². The summed E-state index contributed by atoms with van der Waals surface area (Å²) in [6.45, 7) is 2.82. The van der Waals surface area contributed by atoms with E-state index in [0.717, 1.165) is 36.0 Å². The highest BCUT2D eigenvalue weighted by molar-refractivity contribution is 14.1. The number of benzene rings is 1. The van der Waals surface area contributed by atoms with E-state index in [9.17, 15) is 5.11 Å². The number of hydrogen-bond acceptors (Lipinski definition) is 3. The number of aromatic nitrogens is 1. The van der Waals surface area contributed by atoms with Crippen LogP contribution in [0.2, 0.25) is 5.15 Å². The number of aryl methyl sites for hydroxylation is 1. The van der Waals surface area contributed by atoms with Crippen LogP contribution >= 0.6 is 34.2 Å². The summed E-state index contributed by atoms with van der Waals surface area (Å²) in [5.41, 5.74) is 3.86. The van der Waals surface area contributed by atoms with Crippen molar-refractivity contribution in [1.29, 1.82) is 0 Å². The molecule has 1 heterocycles. The predicted octanol–water partition coefficient (Wildman–Crippen LogP) is 5.36. The number of ether oxygens (including phenoxy) is 1. The molecule has 2 rings (SSSR count). The van der Waals surface area contributed by atoms with Gasteiger partial charge in [0.2, 0.25) is 0 Å². The summed E-state index contributed by atoms with van der Waals surface area (Å²) in [4.78, 5) is 4.23. The molecule has 0 saturated carbocycles. The van der Waals surface area contributed by atoms with Crippen LogP contribution in [-0.4, -0.2) is 23.8 Å². The number of nitrogens with zero attached hydrogens (tertiary/aromatic N) is 1. The summed E-state index contributed by atoms with van der Waals surface area (Å²) in [6.07, 6.45) is 5.04. The van der Waals surface area contributed by atoms with Gasteiger partial charge in [0.25, 0.3) is 0 Å². The van der Waals surface area contributed by atoms with Crippen molar-refractivity contribution in [3.8, 4) is 11.1 Å². The Labute approximate surface area is 162 Å². The minimum Gasteiger partial charge on any atom is -0.385 e. The molecule has 0 radical (unpaired) electrons. The number of aliphatic hydroxyl groups is 1. The Morgan fingerprint density at radius 2 is 2.08 bits per heavy atom. The molecule has 0 saturated heterocycles. The lowest BCUT2D eigenvalue weighted by Gasteiger charge is -2.25. The molecule has 0 aliphatic carbocycles. The molecule has 1 N–H and O–H groups in total. The van der Waals surface area contributed by atoms with Crippen molar-refractivity contribution in [3.63, 3.8) is 0 Å². The zero-order valence-corrected chi connectivity index (χ0v) is 17.0. The van der Waals surface area contributed by atoms with Gasteiger partial charge in [-0.05, 0) is 65.5 Å². The molecule has 0 fully saturated rings. The van der Waals surface area contributed by atoms with E-state index in [2.05, 4.69) is 46.6 Å². The third kappa shape index (κ3) is 4.91. The highest BCUT2D eigenvalue weighted by atomic mass is 127. The van der Waals surface area contributed by atoms with Gasteiger partial charge >= 0.3 is 0 Å². The summed E-state index contributed by atoms with van der Waals surface area (Å²) in [7, 11) is 1.69. The largest absolute Gasteiger partial charge is 0.385 e. The van der Waals surface area contributed by atoms with Gasteiger partial charge in [-0.1, -0.05) is 42.8 Å². The van der Waals surface area contributed by atoms with E-state index in [0.29, 0.717) is 18.2 Å². The quantitative estimate of drug-likeness (QED) is 0.250. The summed E-state index contributed by atoms with van der Waals surface area (Å²) in [6, 6.07) is 10.1. The van der Waals surface area contributed by atoms with Crippen LogP contribution < -0.4 is 0 Å². The summed E-state index contributed by atoms with van der Waals surface area (Å²) in [5, 5.41) is 11.5. The maximum atomic E-state index is 11.0. The Balaban J connectivity index is 2.38. The van der Waals surface area contributed by atoms with Gasteiger partial charge in [0, 0.05) is 31.0 Å². The number of unbranched alkanes of at least 4 members (excludes halogenated alkanes) is 1. The Morgan fingerprint density at radius 3 is 2.79 bits per heavy atom. The first-order valence-corrected chi connectivity index (χ1v) is 9.59. The van der Waals surface area contributed by atoms with E-state index in [1.807, 2.05) is 18.2 Å². The summed E-state index contributed by atoms with van der Waals surface area (Å²) < 4.78 is 4.09. The molecule has 3 nitrogen and oxygen atoms in total. The van der Waals surface area contributed by atoms with E-state index < -0.39 is 3.61 Å². The molecule has 1 aromatic carbocycles. The minimum absolute atomic E-state index is 0.424. The highest BCUT2D eigenvalue weighted by Gasteiger charge is 2.29. The van der Waals surface area contributed by atoms with E-state index in [-0.39, 0.29) is 0 Å². The van der Waals surface area contributed by atoms with Gasteiger partial charge in [-0.15, -0.1) is 0 Å². The normalized spacial score (nSPS) is 13.7. The Kier molecular flexibility index (Phi) is 7.47. The van der Waals surface area contributed by atoms with E-state index in [1.165, 1.54) is 5.56 Å². The van der Waals surface area contributed by atoms with Crippen LogP contribution in [0, 0.1) is 0 Å². The molecule has 2 aromatic rings. The molecule has 0 bridgehead atoms. The van der Waals surface area contributed by atoms with Crippen LogP contribution in [0.25, 0.3) is 11.1 Å². The van der Waals surface area contributed by atoms with Crippen LogP contribution in [0.5, 0.6) is 0 Å². The average molecular weight is 460 g/mol. The van der Waals surface area contributed by atoms with Crippen molar-refractivity contribution in [3.05, 3.63) is 52.8 Å². The second kappa shape index (κ2) is 9.13. The van der Waals surface area contributed by atoms with Crippen molar-refractivity contribution in [2.45, 2.75) is 36.2 Å². The molecule has 24 heavy (non-hydrogen) atoms.